The van der Waals surface area contributed by atoms with E-state index in [-0.39, 0.29) is 5.78 Å². The molecule has 0 fully saturated rings. The number of para-hydroxylation sites is 1. The maximum absolute atomic E-state index is 11.8. The van der Waals surface area contributed by atoms with Crippen LogP contribution < -0.4 is 5.43 Å². The minimum absolute atomic E-state index is 0.128. The molecule has 1 N–H and O–H groups in total. The Morgan fingerprint density at radius 1 is 0.955 bits per heavy atom. The zero-order valence-corrected chi connectivity index (χ0v) is 13.0. The summed E-state index contributed by atoms with van der Waals surface area (Å²) in [5.41, 5.74) is 6.59. The highest BCUT2D eigenvalue weighted by Gasteiger charge is 2.10. The number of hydrogen-bond acceptors (Lipinski definition) is 4. The van der Waals surface area contributed by atoms with Gasteiger partial charge in [0.1, 0.15) is 5.71 Å². The molecule has 0 saturated heterocycles. The number of benzene rings is 2. The molecule has 2 aromatic rings. The summed E-state index contributed by atoms with van der Waals surface area (Å²) in [4.78, 5) is 16.3. The standard InChI is InChI=1S/C18H19N3O/c1-13-9-11-16(12-10-13)19-14(2)18(15(3)22)21-20-17-7-5-4-6-8-17/h4-12,20H,1-3H3/b19-14?,21-18-. The van der Waals surface area contributed by atoms with Crippen LogP contribution in [0.3, 0.4) is 0 Å². The third kappa shape index (κ3) is 4.38. The minimum atomic E-state index is -0.128. The Labute approximate surface area is 130 Å². The van der Waals surface area contributed by atoms with Crippen LogP contribution in [0.4, 0.5) is 11.4 Å². The summed E-state index contributed by atoms with van der Waals surface area (Å²) in [7, 11) is 0. The van der Waals surface area contributed by atoms with Crippen molar-refractivity contribution in [3.63, 3.8) is 0 Å². The molecule has 4 nitrogen and oxygen atoms in total. The van der Waals surface area contributed by atoms with Crippen molar-refractivity contribution < 1.29 is 4.79 Å². The second kappa shape index (κ2) is 7.31. The molecule has 112 valence electrons. The van der Waals surface area contributed by atoms with E-state index in [9.17, 15) is 4.79 Å². The van der Waals surface area contributed by atoms with Gasteiger partial charge in [0.05, 0.1) is 17.1 Å². The van der Waals surface area contributed by atoms with Crippen LogP contribution >= 0.6 is 0 Å². The summed E-state index contributed by atoms with van der Waals surface area (Å²) in [6, 6.07) is 17.3. The fourth-order valence-corrected chi connectivity index (χ4v) is 1.91. The molecular formula is C18H19N3O. The number of aryl methyl sites for hydroxylation is 1. The third-order valence-corrected chi connectivity index (χ3v) is 3.08. The number of nitrogens with one attached hydrogen (secondary N) is 1. The van der Waals surface area contributed by atoms with Crippen LogP contribution in [0.15, 0.2) is 64.7 Å². The molecule has 0 aliphatic heterocycles. The minimum Gasteiger partial charge on any atom is -0.293 e. The van der Waals surface area contributed by atoms with E-state index in [1.54, 1.807) is 6.92 Å². The normalized spacial score (nSPS) is 12.1. The fraction of sp³-hybridized carbons (Fsp3) is 0.167. The van der Waals surface area contributed by atoms with Crippen molar-refractivity contribution in [2.45, 2.75) is 20.8 Å². The Hall–Kier alpha value is -2.75. The molecule has 0 saturated carbocycles. The number of hydrogen-bond donors (Lipinski definition) is 1. The lowest BCUT2D eigenvalue weighted by molar-refractivity contribution is -0.110. The molecular weight excluding hydrogens is 274 g/mol. The van der Waals surface area contributed by atoms with Gasteiger partial charge in [-0.3, -0.25) is 15.2 Å². The molecule has 0 bridgehead atoms. The van der Waals surface area contributed by atoms with Crippen molar-refractivity contribution in [2.24, 2.45) is 10.1 Å². The third-order valence-electron chi connectivity index (χ3n) is 3.08. The van der Waals surface area contributed by atoms with Gasteiger partial charge in [0, 0.05) is 6.92 Å². The topological polar surface area (TPSA) is 53.8 Å². The highest BCUT2D eigenvalue weighted by Crippen LogP contribution is 2.13. The van der Waals surface area contributed by atoms with Crippen molar-refractivity contribution in [2.75, 3.05) is 5.43 Å². The van der Waals surface area contributed by atoms with Gasteiger partial charge in [-0.2, -0.15) is 5.10 Å². The Bertz CT molecular complexity index is 701. The Morgan fingerprint density at radius 2 is 1.59 bits per heavy atom. The average molecular weight is 293 g/mol. The molecule has 0 spiro atoms. The molecule has 0 heterocycles. The molecule has 0 amide bonds. The van der Waals surface area contributed by atoms with Gasteiger partial charge in [0.2, 0.25) is 0 Å². The Morgan fingerprint density at radius 3 is 2.18 bits per heavy atom. The first-order valence-corrected chi connectivity index (χ1v) is 7.08. The summed E-state index contributed by atoms with van der Waals surface area (Å²) in [6.45, 7) is 5.29. The Kier molecular flexibility index (Phi) is 5.20. The van der Waals surface area contributed by atoms with E-state index < -0.39 is 0 Å². The summed E-state index contributed by atoms with van der Waals surface area (Å²) >= 11 is 0. The van der Waals surface area contributed by atoms with Crippen LogP contribution in [-0.4, -0.2) is 17.2 Å². The zero-order valence-electron chi connectivity index (χ0n) is 13.0. The molecule has 0 atom stereocenters. The van der Waals surface area contributed by atoms with Gasteiger partial charge < -0.3 is 0 Å². The van der Waals surface area contributed by atoms with Crippen LogP contribution in [-0.2, 0) is 4.79 Å². The van der Waals surface area contributed by atoms with Crippen LogP contribution in [0.25, 0.3) is 0 Å². The second-order valence-corrected chi connectivity index (χ2v) is 5.03. The number of Topliss-reactive ketones (excluding diaryl/α,β-unsaturated/α-hetero) is 1. The molecule has 2 aromatic carbocycles. The number of aliphatic imine (C=N–C) groups is 1. The lowest BCUT2D eigenvalue weighted by Crippen LogP contribution is -2.20. The van der Waals surface area contributed by atoms with Crippen molar-refractivity contribution in [1.29, 1.82) is 0 Å². The van der Waals surface area contributed by atoms with Gasteiger partial charge in [-0.05, 0) is 38.1 Å². The highest BCUT2D eigenvalue weighted by molar-refractivity contribution is 6.66. The molecule has 0 unspecified atom stereocenters. The first kappa shape index (κ1) is 15.6. The van der Waals surface area contributed by atoms with Gasteiger partial charge >= 0.3 is 0 Å². The van der Waals surface area contributed by atoms with Crippen molar-refractivity contribution in [1.82, 2.24) is 0 Å². The van der Waals surface area contributed by atoms with Crippen LogP contribution in [0.2, 0.25) is 0 Å². The summed E-state index contributed by atoms with van der Waals surface area (Å²) in [6.07, 6.45) is 0. The molecule has 0 aliphatic rings. The molecule has 0 aromatic heterocycles. The maximum atomic E-state index is 11.8. The molecule has 4 heteroatoms. The van der Waals surface area contributed by atoms with Crippen LogP contribution in [0.5, 0.6) is 0 Å². The quantitative estimate of drug-likeness (QED) is 0.665. The molecule has 0 radical (unpaired) electrons. The number of rotatable bonds is 5. The van der Waals surface area contributed by atoms with E-state index in [0.717, 1.165) is 11.4 Å². The summed E-state index contributed by atoms with van der Waals surface area (Å²) in [5.74, 6) is -0.128. The van der Waals surface area contributed by atoms with Gasteiger partial charge in [-0.15, -0.1) is 0 Å². The van der Waals surface area contributed by atoms with E-state index in [0.29, 0.717) is 11.4 Å². The maximum Gasteiger partial charge on any atom is 0.181 e. The molecule has 22 heavy (non-hydrogen) atoms. The number of anilines is 1. The van der Waals surface area contributed by atoms with Crippen LogP contribution in [0.1, 0.15) is 19.4 Å². The average Bonchev–Trinajstić information content (AvgIpc) is 2.50. The number of ketones is 1. The smallest absolute Gasteiger partial charge is 0.181 e. The number of carbonyl (C=O) groups excluding carboxylic acids is 1. The predicted molar refractivity (Wildman–Crippen MR) is 92.1 cm³/mol. The molecule has 2 rings (SSSR count). The largest absolute Gasteiger partial charge is 0.293 e. The van der Waals surface area contributed by atoms with Crippen molar-refractivity contribution >= 4 is 28.6 Å². The van der Waals surface area contributed by atoms with E-state index in [1.807, 2.05) is 61.5 Å². The van der Waals surface area contributed by atoms with Gasteiger partial charge in [-0.1, -0.05) is 35.9 Å². The SMILES string of the molecule is CC(=O)/C(=N\Nc1ccccc1)C(C)=Nc1ccc(C)cc1. The predicted octanol–water partition coefficient (Wildman–Crippen LogP) is 4.14. The first-order chi connectivity index (χ1) is 10.6. The first-order valence-electron chi connectivity index (χ1n) is 7.08. The lowest BCUT2D eigenvalue weighted by atomic mass is 10.2. The van der Waals surface area contributed by atoms with Gasteiger partial charge in [0.15, 0.2) is 5.78 Å². The lowest BCUT2D eigenvalue weighted by Gasteiger charge is -2.05. The second-order valence-electron chi connectivity index (χ2n) is 5.03. The van der Waals surface area contributed by atoms with Crippen molar-refractivity contribution in [3.8, 4) is 0 Å². The van der Waals surface area contributed by atoms with Gasteiger partial charge in [0.25, 0.3) is 0 Å². The Balaban J connectivity index is 2.23. The summed E-state index contributed by atoms with van der Waals surface area (Å²) in [5, 5.41) is 4.19. The zero-order chi connectivity index (χ0) is 15.9. The van der Waals surface area contributed by atoms with Crippen LogP contribution in [0, 0.1) is 6.92 Å². The number of carbonyl (C=O) groups is 1. The fourth-order valence-electron chi connectivity index (χ4n) is 1.91. The molecule has 0 aliphatic carbocycles. The van der Waals surface area contributed by atoms with E-state index >= 15 is 0 Å². The van der Waals surface area contributed by atoms with E-state index in [2.05, 4.69) is 15.5 Å². The van der Waals surface area contributed by atoms with E-state index in [4.69, 9.17) is 0 Å². The highest BCUT2D eigenvalue weighted by atomic mass is 16.1. The monoisotopic (exact) mass is 293 g/mol. The van der Waals surface area contributed by atoms with Crippen molar-refractivity contribution in [3.05, 3.63) is 60.2 Å². The number of hydrazone groups is 1. The van der Waals surface area contributed by atoms with Gasteiger partial charge in [-0.25, -0.2) is 0 Å². The summed E-state index contributed by atoms with van der Waals surface area (Å²) < 4.78 is 0. The number of nitrogens with zero attached hydrogens (tertiary/aromatic N) is 2. The van der Waals surface area contributed by atoms with E-state index in [1.165, 1.54) is 12.5 Å².